The molecule has 9 N–H and O–H groups in total. The second kappa shape index (κ2) is 11.6. The van der Waals surface area contributed by atoms with Gasteiger partial charge >= 0.3 is 0 Å². The fraction of sp³-hybridized carbons (Fsp3) is 0.444. The van der Waals surface area contributed by atoms with E-state index in [0.717, 1.165) is 12.1 Å². The number of ether oxygens (including phenoxy) is 4. The quantitative estimate of drug-likeness (QED) is 0.159. The van der Waals surface area contributed by atoms with Crippen LogP contribution in [0, 0.1) is 0 Å². The lowest BCUT2D eigenvalue weighted by atomic mass is 9.98. The van der Waals surface area contributed by atoms with Gasteiger partial charge in [-0.15, -0.1) is 0 Å². The normalized spacial score (nSPS) is 33.5. The number of hydrogen-bond donors (Lipinski definition) is 9. The van der Waals surface area contributed by atoms with Crippen LogP contribution in [0.1, 0.15) is 6.92 Å². The van der Waals surface area contributed by atoms with Gasteiger partial charge in [0.2, 0.25) is 17.5 Å². The van der Waals surface area contributed by atoms with Gasteiger partial charge in [0.1, 0.15) is 70.9 Å². The van der Waals surface area contributed by atoms with Crippen LogP contribution in [0.2, 0.25) is 0 Å². The minimum absolute atomic E-state index is 0.103. The highest BCUT2D eigenvalue weighted by Gasteiger charge is 2.47. The number of phenolic OH excluding ortho intramolecular Hbond substituents is 3. The van der Waals surface area contributed by atoms with Gasteiger partial charge in [-0.05, 0) is 31.2 Å². The van der Waals surface area contributed by atoms with E-state index < -0.39 is 90.7 Å². The summed E-state index contributed by atoms with van der Waals surface area (Å²) in [5.41, 5.74) is -0.956. The SMILES string of the molecule is C[C@@H]1O[C@@H](OC[C@@H]2O[C@@H](Oc3c(-c4ccc(O)cc4)oc4cc(O)cc(O)c4c3=O)[C@H](O)[C@@H](O)[C@@H]2O)[C@H](O)[C@@H](O)[C@H]1O. The van der Waals surface area contributed by atoms with Crippen molar-refractivity contribution in [1.82, 2.24) is 0 Å². The monoisotopic (exact) mass is 594 g/mol. The predicted octanol–water partition coefficient (Wildman–Crippen LogP) is -1.39. The Bertz CT molecular complexity index is 1470. The molecular weight excluding hydrogens is 564 g/mol. The summed E-state index contributed by atoms with van der Waals surface area (Å²) in [4.78, 5) is 13.5. The molecule has 0 amide bonds. The summed E-state index contributed by atoms with van der Waals surface area (Å²) in [5.74, 6) is -1.97. The molecule has 1 aromatic heterocycles. The van der Waals surface area contributed by atoms with Crippen LogP contribution in [0.25, 0.3) is 22.3 Å². The average molecular weight is 595 g/mol. The van der Waals surface area contributed by atoms with Crippen molar-refractivity contribution in [1.29, 1.82) is 0 Å². The standard InChI is InChI=1S/C27H30O15/c1-9-17(31)20(34)22(36)26(39-9)38-8-15-18(32)21(35)23(37)27(41-15)42-25-19(33)16-13(30)6-12(29)7-14(16)40-24(25)10-2-4-11(28)5-3-10/h2-7,9,15,17-18,20-23,26-32,34-37H,8H2,1H3/t9-,15-,17-,18+,20-,21-,22+,23+,26+,27-/m0/s1. The topological polar surface area (TPSA) is 249 Å². The summed E-state index contributed by atoms with van der Waals surface area (Å²) < 4.78 is 28.0. The summed E-state index contributed by atoms with van der Waals surface area (Å²) in [6, 6.07) is 7.33. The van der Waals surface area contributed by atoms with E-state index in [1.807, 2.05) is 0 Å². The van der Waals surface area contributed by atoms with Gasteiger partial charge in [0.15, 0.2) is 12.1 Å². The third-order valence-corrected chi connectivity index (χ3v) is 7.18. The average Bonchev–Trinajstić information content (AvgIpc) is 2.95. The van der Waals surface area contributed by atoms with Gasteiger partial charge in [0.25, 0.3) is 0 Å². The first-order valence-electron chi connectivity index (χ1n) is 12.9. The highest BCUT2D eigenvalue weighted by Crippen LogP contribution is 2.37. The minimum atomic E-state index is -1.92. The first kappa shape index (κ1) is 30.0. The molecular formula is C27H30O15. The van der Waals surface area contributed by atoms with Gasteiger partial charge in [0, 0.05) is 17.7 Å². The van der Waals surface area contributed by atoms with Crippen LogP contribution in [-0.4, -0.2) is 114 Å². The molecule has 0 aliphatic carbocycles. The van der Waals surface area contributed by atoms with Crippen LogP contribution in [-0.2, 0) is 14.2 Å². The summed E-state index contributed by atoms with van der Waals surface area (Å²) in [7, 11) is 0. The van der Waals surface area contributed by atoms with Crippen LogP contribution in [0.15, 0.2) is 45.6 Å². The molecule has 0 unspecified atom stereocenters. The smallest absolute Gasteiger partial charge is 0.239 e. The van der Waals surface area contributed by atoms with Crippen molar-refractivity contribution in [3.8, 4) is 34.3 Å². The van der Waals surface area contributed by atoms with Crippen molar-refractivity contribution in [2.45, 2.75) is 68.3 Å². The van der Waals surface area contributed by atoms with Crippen molar-refractivity contribution >= 4 is 11.0 Å². The number of phenols is 3. The molecule has 2 fully saturated rings. The molecule has 228 valence electrons. The summed E-state index contributed by atoms with van der Waals surface area (Å²) in [6.45, 7) is 0.866. The Morgan fingerprint density at radius 1 is 0.762 bits per heavy atom. The molecule has 3 heterocycles. The maximum absolute atomic E-state index is 13.5. The fourth-order valence-corrected chi connectivity index (χ4v) is 4.79. The van der Waals surface area contributed by atoms with Crippen LogP contribution in [0.5, 0.6) is 23.0 Å². The molecule has 0 radical (unpaired) electrons. The molecule has 42 heavy (non-hydrogen) atoms. The van der Waals surface area contributed by atoms with E-state index >= 15 is 0 Å². The summed E-state index contributed by atoms with van der Waals surface area (Å²) in [6.07, 6.45) is -15.8. The van der Waals surface area contributed by atoms with Gasteiger partial charge in [0.05, 0.1) is 12.7 Å². The van der Waals surface area contributed by atoms with Gasteiger partial charge in [-0.1, -0.05) is 0 Å². The number of fused-ring (bicyclic) bond motifs is 1. The highest BCUT2D eigenvalue weighted by molar-refractivity contribution is 5.88. The fourth-order valence-electron chi connectivity index (χ4n) is 4.79. The second-order valence-electron chi connectivity index (χ2n) is 10.1. The number of hydrogen-bond acceptors (Lipinski definition) is 15. The molecule has 5 rings (SSSR count). The van der Waals surface area contributed by atoms with E-state index in [9.17, 15) is 50.8 Å². The maximum atomic E-state index is 13.5. The Morgan fingerprint density at radius 2 is 1.40 bits per heavy atom. The molecule has 2 aliphatic heterocycles. The van der Waals surface area contributed by atoms with Crippen LogP contribution >= 0.6 is 0 Å². The zero-order valence-electron chi connectivity index (χ0n) is 21.9. The lowest BCUT2D eigenvalue weighted by Gasteiger charge is -2.42. The van der Waals surface area contributed by atoms with Gasteiger partial charge in [-0.25, -0.2) is 0 Å². The van der Waals surface area contributed by atoms with E-state index in [2.05, 4.69) is 0 Å². The number of rotatable bonds is 6. The molecule has 2 aliphatic rings. The van der Waals surface area contributed by atoms with Crippen LogP contribution in [0.3, 0.4) is 0 Å². The van der Waals surface area contributed by atoms with Crippen LogP contribution < -0.4 is 10.2 Å². The van der Waals surface area contributed by atoms with Crippen molar-refractivity contribution in [2.75, 3.05) is 6.61 Å². The predicted molar refractivity (Wildman–Crippen MR) is 139 cm³/mol. The minimum Gasteiger partial charge on any atom is -0.508 e. The lowest BCUT2D eigenvalue weighted by molar-refractivity contribution is -0.318. The molecule has 0 bridgehead atoms. The van der Waals surface area contributed by atoms with Gasteiger partial charge < -0.3 is 69.3 Å². The molecule has 0 spiro atoms. The molecule has 10 atom stereocenters. The lowest BCUT2D eigenvalue weighted by Crippen LogP contribution is -2.61. The van der Waals surface area contributed by atoms with E-state index in [1.54, 1.807) is 0 Å². The molecule has 2 aromatic carbocycles. The number of aliphatic hydroxyl groups is 6. The Morgan fingerprint density at radius 3 is 2.10 bits per heavy atom. The van der Waals surface area contributed by atoms with E-state index in [4.69, 9.17) is 23.4 Å². The maximum Gasteiger partial charge on any atom is 0.239 e. The van der Waals surface area contributed by atoms with Gasteiger partial charge in [-0.2, -0.15) is 0 Å². The van der Waals surface area contributed by atoms with E-state index in [1.165, 1.54) is 31.2 Å². The first-order valence-corrected chi connectivity index (χ1v) is 12.9. The Kier molecular flexibility index (Phi) is 8.30. The van der Waals surface area contributed by atoms with Crippen molar-refractivity contribution < 1.29 is 69.3 Å². The second-order valence-corrected chi connectivity index (χ2v) is 10.1. The van der Waals surface area contributed by atoms with Crippen molar-refractivity contribution in [3.63, 3.8) is 0 Å². The number of aromatic hydroxyl groups is 3. The first-order chi connectivity index (χ1) is 19.9. The summed E-state index contributed by atoms with van der Waals surface area (Å²) in [5, 5.41) is 91.4. The zero-order valence-corrected chi connectivity index (χ0v) is 21.9. The third-order valence-electron chi connectivity index (χ3n) is 7.18. The van der Waals surface area contributed by atoms with Gasteiger partial charge in [-0.3, -0.25) is 4.79 Å². The molecule has 2 saturated heterocycles. The summed E-state index contributed by atoms with van der Waals surface area (Å²) >= 11 is 0. The third kappa shape index (κ3) is 5.49. The molecule has 3 aromatic rings. The van der Waals surface area contributed by atoms with Crippen molar-refractivity contribution in [2.24, 2.45) is 0 Å². The van der Waals surface area contributed by atoms with Crippen molar-refractivity contribution in [3.05, 3.63) is 46.6 Å². The number of benzene rings is 2. The highest BCUT2D eigenvalue weighted by atomic mass is 16.7. The number of aliphatic hydroxyl groups excluding tert-OH is 6. The van der Waals surface area contributed by atoms with Crippen LogP contribution in [0.4, 0.5) is 0 Å². The Balaban J connectivity index is 1.46. The molecule has 15 nitrogen and oxygen atoms in total. The van der Waals surface area contributed by atoms with E-state index in [-0.39, 0.29) is 28.0 Å². The zero-order chi connectivity index (χ0) is 30.5. The molecule has 15 heteroatoms. The van der Waals surface area contributed by atoms with E-state index in [0.29, 0.717) is 0 Å². The molecule has 0 saturated carbocycles. The Hall–Kier alpha value is -3.51. The largest absolute Gasteiger partial charge is 0.508 e. The Labute approximate surface area is 236 Å².